The minimum atomic E-state index is -0.194. The molecular weight excluding hydrogens is 152 g/mol. The van der Waals surface area contributed by atoms with E-state index in [-0.39, 0.29) is 12.7 Å². The van der Waals surface area contributed by atoms with Gasteiger partial charge in [-0.2, -0.15) is 0 Å². The number of hydrogen-bond acceptors (Lipinski definition) is 2. The van der Waals surface area contributed by atoms with Gasteiger partial charge in [-0.05, 0) is 37.0 Å². The summed E-state index contributed by atoms with van der Waals surface area (Å²) in [5, 5.41) is 18.5. The molecule has 0 amide bonds. The highest BCUT2D eigenvalue weighted by Gasteiger charge is 2.32. The lowest BCUT2D eigenvalue weighted by molar-refractivity contribution is 0.00589. The average Bonchev–Trinajstić information content (AvgIpc) is 1.94. The fourth-order valence-electron chi connectivity index (χ4n) is 2.11. The molecule has 0 aliphatic heterocycles. The number of aliphatic hydroxyl groups excluding tert-OH is 2. The average molecular weight is 172 g/mol. The second kappa shape index (κ2) is 3.75. The summed E-state index contributed by atoms with van der Waals surface area (Å²) >= 11 is 0. The molecule has 0 aromatic rings. The topological polar surface area (TPSA) is 40.5 Å². The Balaban J connectivity index is 2.42. The minimum Gasteiger partial charge on any atom is -0.396 e. The van der Waals surface area contributed by atoms with E-state index in [2.05, 4.69) is 13.8 Å². The van der Waals surface area contributed by atoms with Gasteiger partial charge in [0.2, 0.25) is 0 Å². The summed E-state index contributed by atoms with van der Waals surface area (Å²) in [5.41, 5.74) is 0.297. The molecular formula is C10H20O2. The van der Waals surface area contributed by atoms with Crippen LogP contribution < -0.4 is 0 Å². The highest BCUT2D eigenvalue weighted by molar-refractivity contribution is 4.84. The zero-order valence-corrected chi connectivity index (χ0v) is 8.08. The van der Waals surface area contributed by atoms with Gasteiger partial charge in [-0.15, -0.1) is 0 Å². The summed E-state index contributed by atoms with van der Waals surface area (Å²) in [5.74, 6) is 0.336. The van der Waals surface area contributed by atoms with Gasteiger partial charge in [-0.1, -0.05) is 13.8 Å². The van der Waals surface area contributed by atoms with E-state index in [0.717, 1.165) is 19.3 Å². The van der Waals surface area contributed by atoms with E-state index in [0.29, 0.717) is 11.3 Å². The molecule has 2 N–H and O–H groups in total. The van der Waals surface area contributed by atoms with Gasteiger partial charge in [0.15, 0.2) is 0 Å². The number of aliphatic hydroxyl groups is 2. The molecule has 1 aliphatic rings. The van der Waals surface area contributed by atoms with Gasteiger partial charge >= 0.3 is 0 Å². The van der Waals surface area contributed by atoms with Gasteiger partial charge in [0.05, 0.1) is 6.10 Å². The van der Waals surface area contributed by atoms with Crippen LogP contribution >= 0.6 is 0 Å². The van der Waals surface area contributed by atoms with Crippen molar-refractivity contribution >= 4 is 0 Å². The number of rotatable bonds is 2. The summed E-state index contributed by atoms with van der Waals surface area (Å²) in [6, 6.07) is 0. The van der Waals surface area contributed by atoms with Crippen molar-refractivity contribution in [3.05, 3.63) is 0 Å². The van der Waals surface area contributed by atoms with E-state index in [1.165, 1.54) is 6.42 Å². The van der Waals surface area contributed by atoms with E-state index in [1.54, 1.807) is 0 Å². The van der Waals surface area contributed by atoms with Gasteiger partial charge in [-0.3, -0.25) is 0 Å². The molecule has 1 aliphatic carbocycles. The van der Waals surface area contributed by atoms with Gasteiger partial charge < -0.3 is 10.2 Å². The molecule has 1 rings (SSSR count). The first-order valence-corrected chi connectivity index (χ1v) is 4.84. The number of hydrogen-bond donors (Lipinski definition) is 2. The Kier molecular flexibility index (Phi) is 3.13. The molecule has 0 spiro atoms. The Morgan fingerprint density at radius 3 is 2.58 bits per heavy atom. The summed E-state index contributed by atoms with van der Waals surface area (Å²) < 4.78 is 0. The van der Waals surface area contributed by atoms with Crippen molar-refractivity contribution in [3.63, 3.8) is 0 Å². The van der Waals surface area contributed by atoms with Gasteiger partial charge in [-0.25, -0.2) is 0 Å². The molecule has 2 unspecified atom stereocenters. The Bertz CT molecular complexity index is 143. The lowest BCUT2D eigenvalue weighted by Gasteiger charge is -2.38. The molecule has 0 aromatic heterocycles. The molecule has 2 nitrogen and oxygen atoms in total. The summed E-state index contributed by atoms with van der Waals surface area (Å²) in [6.07, 6.45) is 3.69. The molecule has 0 aromatic carbocycles. The van der Waals surface area contributed by atoms with Crippen LogP contribution in [-0.2, 0) is 0 Å². The van der Waals surface area contributed by atoms with Crippen molar-refractivity contribution < 1.29 is 10.2 Å². The third kappa shape index (κ3) is 2.46. The van der Waals surface area contributed by atoms with Gasteiger partial charge in [0, 0.05) is 6.61 Å². The molecule has 0 heterocycles. The molecule has 2 atom stereocenters. The fraction of sp³-hybridized carbons (Fsp3) is 1.00. The first-order valence-electron chi connectivity index (χ1n) is 4.84. The van der Waals surface area contributed by atoms with Crippen LogP contribution in [0.15, 0.2) is 0 Å². The Morgan fingerprint density at radius 2 is 2.08 bits per heavy atom. The van der Waals surface area contributed by atoms with E-state index in [9.17, 15) is 5.11 Å². The monoisotopic (exact) mass is 172 g/mol. The smallest absolute Gasteiger partial charge is 0.0574 e. The molecule has 1 fully saturated rings. The molecule has 2 heteroatoms. The Morgan fingerprint density at radius 1 is 1.42 bits per heavy atom. The normalized spacial score (nSPS) is 35.0. The molecule has 1 saturated carbocycles. The van der Waals surface area contributed by atoms with Gasteiger partial charge in [0.25, 0.3) is 0 Å². The van der Waals surface area contributed by atoms with Crippen molar-refractivity contribution in [2.24, 2.45) is 11.3 Å². The molecule has 72 valence electrons. The second-order valence-electron chi connectivity index (χ2n) is 4.75. The predicted molar refractivity (Wildman–Crippen MR) is 48.8 cm³/mol. The van der Waals surface area contributed by atoms with Crippen LogP contribution in [0.3, 0.4) is 0 Å². The van der Waals surface area contributed by atoms with Gasteiger partial charge in [0.1, 0.15) is 0 Å². The first kappa shape index (κ1) is 10.0. The third-order valence-electron chi connectivity index (χ3n) is 3.00. The van der Waals surface area contributed by atoms with E-state index in [4.69, 9.17) is 5.11 Å². The lowest BCUT2D eigenvalue weighted by Crippen LogP contribution is -2.34. The highest BCUT2D eigenvalue weighted by atomic mass is 16.3. The molecule has 0 bridgehead atoms. The second-order valence-corrected chi connectivity index (χ2v) is 4.75. The SMILES string of the molecule is CC1(C)CCC(CCO)C(O)C1. The quantitative estimate of drug-likeness (QED) is 0.663. The highest BCUT2D eigenvalue weighted by Crippen LogP contribution is 2.39. The zero-order chi connectivity index (χ0) is 9.19. The van der Waals surface area contributed by atoms with Crippen molar-refractivity contribution in [3.8, 4) is 0 Å². The predicted octanol–water partition coefficient (Wildman–Crippen LogP) is 1.56. The van der Waals surface area contributed by atoms with Crippen LogP contribution in [0.1, 0.15) is 39.5 Å². The summed E-state index contributed by atoms with van der Waals surface area (Å²) in [4.78, 5) is 0. The maximum absolute atomic E-state index is 9.72. The minimum absolute atomic E-state index is 0.194. The maximum Gasteiger partial charge on any atom is 0.0574 e. The van der Waals surface area contributed by atoms with Crippen LogP contribution in [0.2, 0.25) is 0 Å². The third-order valence-corrected chi connectivity index (χ3v) is 3.00. The maximum atomic E-state index is 9.72. The molecule has 0 saturated heterocycles. The molecule has 0 radical (unpaired) electrons. The largest absolute Gasteiger partial charge is 0.396 e. The van der Waals surface area contributed by atoms with E-state index >= 15 is 0 Å². The Hall–Kier alpha value is -0.0800. The molecule has 12 heavy (non-hydrogen) atoms. The van der Waals surface area contributed by atoms with Crippen molar-refractivity contribution in [1.82, 2.24) is 0 Å². The van der Waals surface area contributed by atoms with Crippen molar-refractivity contribution in [2.75, 3.05) is 6.61 Å². The Labute approximate surface area is 74.6 Å². The zero-order valence-electron chi connectivity index (χ0n) is 8.08. The standard InChI is InChI=1S/C10H20O2/c1-10(2)5-3-8(4-6-11)9(12)7-10/h8-9,11-12H,3-7H2,1-2H3. The van der Waals surface area contributed by atoms with Crippen LogP contribution in [0, 0.1) is 11.3 Å². The van der Waals surface area contributed by atoms with Crippen LogP contribution in [0.5, 0.6) is 0 Å². The lowest BCUT2D eigenvalue weighted by atomic mass is 9.71. The summed E-state index contributed by atoms with van der Waals surface area (Å²) in [7, 11) is 0. The van der Waals surface area contributed by atoms with Crippen LogP contribution in [-0.4, -0.2) is 22.9 Å². The van der Waals surface area contributed by atoms with Crippen molar-refractivity contribution in [1.29, 1.82) is 0 Å². The van der Waals surface area contributed by atoms with E-state index in [1.807, 2.05) is 0 Å². The van der Waals surface area contributed by atoms with E-state index < -0.39 is 0 Å². The fourth-order valence-corrected chi connectivity index (χ4v) is 2.11. The summed E-state index contributed by atoms with van der Waals surface area (Å²) in [6.45, 7) is 4.61. The van der Waals surface area contributed by atoms with Crippen molar-refractivity contribution in [2.45, 2.75) is 45.6 Å². The first-order chi connectivity index (χ1) is 5.55. The van der Waals surface area contributed by atoms with Crippen LogP contribution in [0.4, 0.5) is 0 Å². The van der Waals surface area contributed by atoms with Crippen LogP contribution in [0.25, 0.3) is 0 Å².